The first-order valence-electron chi connectivity index (χ1n) is 10.7. The fourth-order valence-electron chi connectivity index (χ4n) is 3.94. The summed E-state index contributed by atoms with van der Waals surface area (Å²) in [4.78, 5) is 37.4. The largest absolute Gasteiger partial charge is 0.453 e. The predicted octanol–water partition coefficient (Wildman–Crippen LogP) is 3.01. The number of nitrogens with one attached hydrogen (secondary N) is 2. The number of aromatic nitrogens is 2. The minimum Gasteiger partial charge on any atom is -0.453 e. The van der Waals surface area contributed by atoms with Crippen LogP contribution in [0.1, 0.15) is 25.1 Å². The van der Waals surface area contributed by atoms with Crippen LogP contribution in [0.4, 0.5) is 21.1 Å². The van der Waals surface area contributed by atoms with Crippen LogP contribution in [-0.2, 0) is 22.6 Å². The van der Waals surface area contributed by atoms with Gasteiger partial charge in [-0.3, -0.25) is 4.90 Å². The number of nitrogens with zero attached hydrogens (tertiary/aromatic N) is 4. The smallest absolute Gasteiger partial charge is 0.410 e. The number of ether oxygens (including phenoxy) is 2. The molecule has 2 aliphatic rings. The van der Waals surface area contributed by atoms with Crippen molar-refractivity contribution in [1.82, 2.24) is 20.2 Å². The zero-order chi connectivity index (χ0) is 22.7. The molecule has 0 saturated carbocycles. The summed E-state index contributed by atoms with van der Waals surface area (Å²) in [5, 5.41) is 5.49. The Morgan fingerprint density at radius 3 is 2.64 bits per heavy atom. The number of hydrogen-bond donors (Lipinski definition) is 2. The van der Waals surface area contributed by atoms with Gasteiger partial charge >= 0.3 is 12.1 Å². The second kappa shape index (κ2) is 10.7. The van der Waals surface area contributed by atoms with Crippen LogP contribution in [0.15, 0.2) is 24.3 Å². The maximum atomic E-state index is 12.1. The van der Waals surface area contributed by atoms with Gasteiger partial charge in [-0.15, -0.1) is 12.4 Å². The third-order valence-electron chi connectivity index (χ3n) is 5.57. The van der Waals surface area contributed by atoms with Gasteiger partial charge in [-0.1, -0.05) is 0 Å². The molecule has 2 aliphatic heterocycles. The summed E-state index contributed by atoms with van der Waals surface area (Å²) in [6.45, 7) is 7.27. The van der Waals surface area contributed by atoms with Crippen molar-refractivity contribution in [2.75, 3.05) is 43.6 Å². The molecule has 1 atom stereocenters. The van der Waals surface area contributed by atoms with Crippen LogP contribution in [0.5, 0.6) is 0 Å². The molecule has 1 unspecified atom stereocenters. The van der Waals surface area contributed by atoms with Gasteiger partial charge in [0.15, 0.2) is 5.82 Å². The van der Waals surface area contributed by atoms with E-state index in [0.29, 0.717) is 44.4 Å². The van der Waals surface area contributed by atoms with Gasteiger partial charge in [-0.2, -0.15) is 0 Å². The summed E-state index contributed by atoms with van der Waals surface area (Å²) < 4.78 is 10.5. The molecule has 1 fully saturated rings. The third-order valence-corrected chi connectivity index (χ3v) is 5.57. The molecule has 1 aromatic carbocycles. The number of anilines is 2. The average molecular weight is 477 g/mol. The lowest BCUT2D eigenvalue weighted by Crippen LogP contribution is -2.44. The molecule has 0 aliphatic carbocycles. The van der Waals surface area contributed by atoms with Crippen LogP contribution in [0, 0.1) is 0 Å². The maximum absolute atomic E-state index is 12.1. The molecule has 1 saturated heterocycles. The van der Waals surface area contributed by atoms with Crippen molar-refractivity contribution < 1.29 is 19.1 Å². The normalized spacial score (nSPS) is 17.1. The van der Waals surface area contributed by atoms with Crippen molar-refractivity contribution in [1.29, 1.82) is 0 Å². The predicted molar refractivity (Wildman–Crippen MR) is 127 cm³/mol. The average Bonchev–Trinajstić information content (AvgIpc) is 3.23. The van der Waals surface area contributed by atoms with E-state index in [0.717, 1.165) is 29.2 Å². The highest BCUT2D eigenvalue weighted by molar-refractivity contribution is 5.89. The summed E-state index contributed by atoms with van der Waals surface area (Å²) in [5.41, 5.74) is 3.27. The molecule has 2 aromatic rings. The second-order valence-electron chi connectivity index (χ2n) is 7.80. The topological polar surface area (TPSA) is 109 Å². The van der Waals surface area contributed by atoms with Crippen LogP contribution in [-0.4, -0.2) is 66.4 Å². The van der Waals surface area contributed by atoms with Gasteiger partial charge in [-0.05, 0) is 38.1 Å². The number of morpholine rings is 1. The highest BCUT2D eigenvalue weighted by atomic mass is 35.5. The monoisotopic (exact) mass is 476 g/mol. The van der Waals surface area contributed by atoms with Crippen molar-refractivity contribution in [3.05, 3.63) is 35.5 Å². The fourth-order valence-corrected chi connectivity index (χ4v) is 3.94. The molecule has 1 aromatic heterocycles. The van der Waals surface area contributed by atoms with Gasteiger partial charge in [-0.25, -0.2) is 19.6 Å². The van der Waals surface area contributed by atoms with Gasteiger partial charge < -0.3 is 25.0 Å². The molecule has 10 nitrogen and oxygen atoms in total. The van der Waals surface area contributed by atoms with E-state index in [4.69, 9.17) is 19.4 Å². The van der Waals surface area contributed by atoms with E-state index in [2.05, 4.69) is 22.5 Å². The van der Waals surface area contributed by atoms with E-state index in [1.807, 2.05) is 31.2 Å². The van der Waals surface area contributed by atoms with E-state index in [1.54, 1.807) is 4.90 Å². The molecule has 0 radical (unpaired) electrons. The van der Waals surface area contributed by atoms with Crippen LogP contribution >= 0.6 is 12.4 Å². The summed E-state index contributed by atoms with van der Waals surface area (Å²) in [5.74, 6) is 1.41. The van der Waals surface area contributed by atoms with E-state index >= 15 is 0 Å². The SMILES string of the molecule is CCNC(=O)Nc1ccc(-c2nc3c(c(N4CCOCC4C)n2)CN(C(=O)OC)C3)cc1.Cl. The molecule has 11 heteroatoms. The highest BCUT2D eigenvalue weighted by Gasteiger charge is 2.33. The van der Waals surface area contributed by atoms with Gasteiger partial charge in [0.1, 0.15) is 5.82 Å². The van der Waals surface area contributed by atoms with E-state index in [1.165, 1.54) is 7.11 Å². The Morgan fingerprint density at radius 1 is 1.21 bits per heavy atom. The first-order valence-corrected chi connectivity index (χ1v) is 10.7. The number of hydrogen-bond acceptors (Lipinski definition) is 7. The standard InChI is InChI=1S/C22H28N6O4.ClH/c1-4-23-21(29)24-16-7-5-15(6-8-16)19-25-18-12-27(22(30)31-3)11-17(18)20(26-19)28-9-10-32-13-14(28)2;/h5-8,14H,4,9-13H2,1-3H3,(H2,23,24,29);1H. The number of methoxy groups -OCH3 is 1. The Balaban J connectivity index is 0.00000306. The van der Waals surface area contributed by atoms with Crippen molar-refractivity contribution in [2.45, 2.75) is 33.0 Å². The lowest BCUT2D eigenvalue weighted by molar-refractivity contribution is 0.0983. The molecule has 4 rings (SSSR count). The van der Waals surface area contributed by atoms with Crippen molar-refractivity contribution in [3.8, 4) is 11.4 Å². The molecular formula is C22H29ClN6O4. The van der Waals surface area contributed by atoms with E-state index in [9.17, 15) is 9.59 Å². The van der Waals surface area contributed by atoms with Gasteiger partial charge in [0, 0.05) is 29.9 Å². The molecule has 178 valence electrons. The Labute approximate surface area is 199 Å². The quantitative estimate of drug-likeness (QED) is 0.698. The summed E-state index contributed by atoms with van der Waals surface area (Å²) >= 11 is 0. The van der Waals surface area contributed by atoms with Gasteiger partial charge in [0.2, 0.25) is 0 Å². The molecule has 3 amide bonds. The van der Waals surface area contributed by atoms with Crippen molar-refractivity contribution in [3.63, 3.8) is 0 Å². The summed E-state index contributed by atoms with van der Waals surface area (Å²) in [6, 6.07) is 7.30. The molecule has 3 heterocycles. The Kier molecular flexibility index (Phi) is 7.93. The summed E-state index contributed by atoms with van der Waals surface area (Å²) in [6.07, 6.45) is -0.383. The number of halogens is 1. The first-order chi connectivity index (χ1) is 15.5. The van der Waals surface area contributed by atoms with Crippen LogP contribution in [0.2, 0.25) is 0 Å². The van der Waals surface area contributed by atoms with Crippen molar-refractivity contribution in [2.24, 2.45) is 0 Å². The van der Waals surface area contributed by atoms with Crippen LogP contribution < -0.4 is 15.5 Å². The number of carbonyl (C=O) groups excluding carboxylic acids is 2. The van der Waals surface area contributed by atoms with Crippen LogP contribution in [0.3, 0.4) is 0 Å². The van der Waals surface area contributed by atoms with E-state index in [-0.39, 0.29) is 30.6 Å². The lowest BCUT2D eigenvalue weighted by atomic mass is 10.1. The number of amides is 3. The zero-order valence-corrected chi connectivity index (χ0v) is 19.8. The number of urea groups is 1. The number of fused-ring (bicyclic) bond motifs is 1. The molecule has 2 N–H and O–H groups in total. The minimum absolute atomic E-state index is 0. The van der Waals surface area contributed by atoms with Crippen LogP contribution in [0.25, 0.3) is 11.4 Å². The van der Waals surface area contributed by atoms with Crippen molar-refractivity contribution >= 4 is 36.0 Å². The lowest BCUT2D eigenvalue weighted by Gasteiger charge is -2.35. The van der Waals surface area contributed by atoms with Gasteiger partial charge in [0.25, 0.3) is 0 Å². The molecule has 0 spiro atoms. The summed E-state index contributed by atoms with van der Waals surface area (Å²) in [7, 11) is 1.38. The van der Waals surface area contributed by atoms with E-state index < -0.39 is 0 Å². The highest BCUT2D eigenvalue weighted by Crippen LogP contribution is 2.33. The number of benzene rings is 1. The second-order valence-corrected chi connectivity index (χ2v) is 7.80. The Morgan fingerprint density at radius 2 is 1.97 bits per heavy atom. The number of carbonyl (C=O) groups is 2. The molecule has 33 heavy (non-hydrogen) atoms. The Bertz CT molecular complexity index is 1000. The zero-order valence-electron chi connectivity index (χ0n) is 19.0. The minimum atomic E-state index is -0.383. The Hall–Kier alpha value is -3.11. The van der Waals surface area contributed by atoms with Gasteiger partial charge in [0.05, 0.1) is 45.1 Å². The fraction of sp³-hybridized carbons (Fsp3) is 0.455. The molecule has 0 bridgehead atoms. The maximum Gasteiger partial charge on any atom is 0.410 e. The third kappa shape index (κ3) is 5.28. The molecular weight excluding hydrogens is 448 g/mol. The first kappa shape index (κ1) is 24.5. The number of rotatable bonds is 4.